The molecule has 0 aliphatic heterocycles. The summed E-state index contributed by atoms with van der Waals surface area (Å²) in [4.78, 5) is 0. The Balaban J connectivity index is 1.70. The Hall–Kier alpha value is -0.160. The van der Waals surface area contributed by atoms with Gasteiger partial charge in [0.1, 0.15) is 6.10 Å². The van der Waals surface area contributed by atoms with Crippen molar-refractivity contribution in [2.24, 2.45) is 0 Å². The molecule has 2 rings (SSSR count). The summed E-state index contributed by atoms with van der Waals surface area (Å²) in [5.74, 6) is 0. The third-order valence-corrected chi connectivity index (χ3v) is 3.99. The van der Waals surface area contributed by atoms with Gasteiger partial charge in [-0.15, -0.1) is 0 Å². The van der Waals surface area contributed by atoms with Gasteiger partial charge in [-0.3, -0.25) is 0 Å². The van der Waals surface area contributed by atoms with E-state index in [9.17, 15) is 5.11 Å². The van der Waals surface area contributed by atoms with Crippen molar-refractivity contribution in [3.63, 3.8) is 0 Å². The van der Waals surface area contributed by atoms with Crippen molar-refractivity contribution < 1.29 is 19.3 Å². The Morgan fingerprint density at radius 3 is 2.39 bits per heavy atom. The van der Waals surface area contributed by atoms with Gasteiger partial charge < -0.3 is 19.3 Å². The zero-order chi connectivity index (χ0) is 12.8. The first-order valence-corrected chi connectivity index (χ1v) is 7.25. The first-order chi connectivity index (χ1) is 8.81. The van der Waals surface area contributed by atoms with E-state index in [1.807, 2.05) is 0 Å². The first-order valence-electron chi connectivity index (χ1n) is 7.25. The summed E-state index contributed by atoms with van der Waals surface area (Å²) in [6.07, 6.45) is 8.20. The molecule has 0 aromatic rings. The molecule has 4 nitrogen and oxygen atoms in total. The first kappa shape index (κ1) is 14.3. The molecular weight excluding hydrogens is 232 g/mol. The number of hydrogen-bond donors (Lipinski definition) is 1. The molecule has 3 unspecified atom stereocenters. The van der Waals surface area contributed by atoms with E-state index >= 15 is 0 Å². The fraction of sp³-hybridized carbons (Fsp3) is 1.00. The summed E-state index contributed by atoms with van der Waals surface area (Å²) < 4.78 is 16.7. The molecule has 0 aromatic carbocycles. The van der Waals surface area contributed by atoms with Crippen LogP contribution in [0.4, 0.5) is 0 Å². The highest BCUT2D eigenvalue weighted by atomic mass is 16.6. The van der Waals surface area contributed by atoms with Crippen molar-refractivity contribution >= 4 is 0 Å². The Labute approximate surface area is 110 Å². The summed E-state index contributed by atoms with van der Waals surface area (Å²) in [6.45, 7) is 1.10. The molecule has 2 fully saturated rings. The van der Waals surface area contributed by atoms with E-state index in [0.717, 1.165) is 12.8 Å². The van der Waals surface area contributed by atoms with E-state index in [1.54, 1.807) is 7.11 Å². The van der Waals surface area contributed by atoms with E-state index in [-0.39, 0.29) is 18.3 Å². The predicted molar refractivity (Wildman–Crippen MR) is 68.6 cm³/mol. The minimum absolute atomic E-state index is 0.0833. The van der Waals surface area contributed by atoms with Gasteiger partial charge in [0, 0.05) is 13.5 Å². The van der Waals surface area contributed by atoms with Crippen LogP contribution in [-0.4, -0.2) is 49.8 Å². The summed E-state index contributed by atoms with van der Waals surface area (Å²) in [5, 5.41) is 9.72. The molecule has 3 atom stereocenters. The third-order valence-electron chi connectivity index (χ3n) is 3.99. The second kappa shape index (κ2) is 7.43. The van der Waals surface area contributed by atoms with Crippen LogP contribution in [0.5, 0.6) is 0 Å². The molecule has 0 aromatic heterocycles. The highest BCUT2D eigenvalue weighted by Crippen LogP contribution is 2.31. The van der Waals surface area contributed by atoms with Crippen LogP contribution < -0.4 is 0 Å². The fourth-order valence-corrected chi connectivity index (χ4v) is 2.80. The van der Waals surface area contributed by atoms with Crippen LogP contribution in [0.15, 0.2) is 0 Å². The molecule has 106 valence electrons. The lowest BCUT2D eigenvalue weighted by atomic mass is 9.87. The zero-order valence-corrected chi connectivity index (χ0v) is 11.3. The smallest absolute Gasteiger partial charge is 0.110 e. The van der Waals surface area contributed by atoms with E-state index < -0.39 is 0 Å². The van der Waals surface area contributed by atoms with Crippen LogP contribution in [0.1, 0.15) is 44.9 Å². The molecule has 0 bridgehead atoms. The normalized spacial score (nSPS) is 34.0. The molecule has 0 amide bonds. The predicted octanol–water partition coefficient (Wildman–Crippen LogP) is 1.89. The third kappa shape index (κ3) is 3.92. The lowest BCUT2D eigenvalue weighted by Crippen LogP contribution is -2.55. The molecule has 18 heavy (non-hydrogen) atoms. The topological polar surface area (TPSA) is 47.9 Å². The average Bonchev–Trinajstić information content (AvgIpc) is 2.63. The Morgan fingerprint density at radius 2 is 1.78 bits per heavy atom. The molecule has 2 aliphatic carbocycles. The minimum Gasteiger partial charge on any atom is -0.390 e. The van der Waals surface area contributed by atoms with Gasteiger partial charge in [-0.25, -0.2) is 0 Å². The van der Waals surface area contributed by atoms with Crippen molar-refractivity contribution in [1.29, 1.82) is 0 Å². The molecule has 2 aliphatic rings. The Bertz CT molecular complexity index is 226. The molecule has 2 saturated carbocycles. The van der Waals surface area contributed by atoms with Gasteiger partial charge >= 0.3 is 0 Å². The number of rotatable bonds is 6. The lowest BCUT2D eigenvalue weighted by molar-refractivity contribution is -0.211. The second-order valence-corrected chi connectivity index (χ2v) is 5.42. The number of methoxy groups -OCH3 is 1. The summed E-state index contributed by atoms with van der Waals surface area (Å²) >= 11 is 0. The number of aliphatic hydroxyl groups excluding tert-OH is 1. The van der Waals surface area contributed by atoms with E-state index in [4.69, 9.17) is 14.2 Å². The summed E-state index contributed by atoms with van der Waals surface area (Å²) in [6, 6.07) is 0. The van der Waals surface area contributed by atoms with Crippen LogP contribution in [0, 0.1) is 0 Å². The van der Waals surface area contributed by atoms with Gasteiger partial charge in [-0.05, 0) is 12.8 Å². The van der Waals surface area contributed by atoms with Crippen LogP contribution in [0.3, 0.4) is 0 Å². The molecule has 1 N–H and O–H groups in total. The SMILES string of the molecule is COCCOC1C(O)CC1OC1CCCCCC1. The number of hydrogen-bond acceptors (Lipinski definition) is 4. The van der Waals surface area contributed by atoms with Crippen LogP contribution in [0.2, 0.25) is 0 Å². The van der Waals surface area contributed by atoms with E-state index in [1.165, 1.54) is 25.7 Å². The molecule has 0 saturated heterocycles. The maximum atomic E-state index is 9.72. The summed E-state index contributed by atoms with van der Waals surface area (Å²) in [7, 11) is 1.65. The molecule has 4 heteroatoms. The van der Waals surface area contributed by atoms with Gasteiger partial charge in [0.2, 0.25) is 0 Å². The van der Waals surface area contributed by atoms with Crippen LogP contribution >= 0.6 is 0 Å². The largest absolute Gasteiger partial charge is 0.390 e. The second-order valence-electron chi connectivity index (χ2n) is 5.42. The summed E-state index contributed by atoms with van der Waals surface area (Å²) in [5.41, 5.74) is 0. The van der Waals surface area contributed by atoms with E-state index in [2.05, 4.69) is 0 Å². The quantitative estimate of drug-likeness (QED) is 0.584. The maximum Gasteiger partial charge on any atom is 0.110 e. The maximum absolute atomic E-state index is 9.72. The molecule has 0 spiro atoms. The highest BCUT2D eigenvalue weighted by molar-refractivity contribution is 4.92. The van der Waals surface area contributed by atoms with Crippen molar-refractivity contribution in [1.82, 2.24) is 0 Å². The van der Waals surface area contributed by atoms with Gasteiger partial charge in [0.25, 0.3) is 0 Å². The van der Waals surface area contributed by atoms with Crippen molar-refractivity contribution in [3.8, 4) is 0 Å². The van der Waals surface area contributed by atoms with E-state index in [0.29, 0.717) is 25.7 Å². The fourth-order valence-electron chi connectivity index (χ4n) is 2.80. The zero-order valence-electron chi connectivity index (χ0n) is 11.3. The Morgan fingerprint density at radius 1 is 1.06 bits per heavy atom. The standard InChI is InChI=1S/C14H26O4/c1-16-8-9-17-14-12(15)10-13(14)18-11-6-4-2-3-5-7-11/h11-15H,2-10H2,1H3. The van der Waals surface area contributed by atoms with Crippen molar-refractivity contribution in [2.75, 3.05) is 20.3 Å². The van der Waals surface area contributed by atoms with Gasteiger partial charge in [-0.2, -0.15) is 0 Å². The van der Waals surface area contributed by atoms with Crippen LogP contribution in [-0.2, 0) is 14.2 Å². The average molecular weight is 258 g/mol. The Kier molecular flexibility index (Phi) is 5.89. The van der Waals surface area contributed by atoms with Crippen LogP contribution in [0.25, 0.3) is 0 Å². The lowest BCUT2D eigenvalue weighted by Gasteiger charge is -2.42. The number of ether oxygens (including phenoxy) is 3. The number of aliphatic hydroxyl groups is 1. The van der Waals surface area contributed by atoms with Crippen molar-refractivity contribution in [3.05, 3.63) is 0 Å². The molecule has 0 radical (unpaired) electrons. The van der Waals surface area contributed by atoms with Crippen molar-refractivity contribution in [2.45, 2.75) is 69.4 Å². The van der Waals surface area contributed by atoms with Gasteiger partial charge in [0.15, 0.2) is 0 Å². The van der Waals surface area contributed by atoms with Gasteiger partial charge in [-0.1, -0.05) is 25.7 Å². The monoisotopic (exact) mass is 258 g/mol. The highest BCUT2D eigenvalue weighted by Gasteiger charge is 2.42. The van der Waals surface area contributed by atoms with Gasteiger partial charge in [0.05, 0.1) is 31.5 Å². The minimum atomic E-state index is -0.363. The molecular formula is C14H26O4. The molecule has 0 heterocycles.